The van der Waals surface area contributed by atoms with Gasteiger partial charge in [0, 0.05) is 13.1 Å². The minimum atomic E-state index is -4.26. The van der Waals surface area contributed by atoms with Crippen LogP contribution in [0.4, 0.5) is 5.69 Å². The Morgan fingerprint density at radius 2 is 1.42 bits per heavy atom. The Morgan fingerprint density at radius 1 is 0.837 bits per heavy atom. The minimum Gasteiger partial charge on any atom is -0.497 e. The fraction of sp³-hybridized carbons (Fsp3) is 0.375. The largest absolute Gasteiger partial charge is 0.497 e. The zero-order valence-electron chi connectivity index (χ0n) is 25.6. The van der Waals surface area contributed by atoms with Crippen LogP contribution >= 0.6 is 0 Å². The van der Waals surface area contributed by atoms with E-state index in [1.807, 2.05) is 32.9 Å². The van der Waals surface area contributed by atoms with Crippen LogP contribution in [-0.4, -0.2) is 65.6 Å². The zero-order valence-corrected chi connectivity index (χ0v) is 26.4. The highest BCUT2D eigenvalue weighted by atomic mass is 32.2. The molecule has 0 aliphatic carbocycles. The molecule has 3 rings (SSSR count). The average molecular weight is 612 g/mol. The summed E-state index contributed by atoms with van der Waals surface area (Å²) in [5, 5.41) is 2.93. The van der Waals surface area contributed by atoms with Crippen LogP contribution < -0.4 is 23.8 Å². The molecule has 0 aromatic heterocycles. The smallest absolute Gasteiger partial charge is 0.264 e. The number of amides is 2. The average Bonchev–Trinajstić information content (AvgIpc) is 3.02. The van der Waals surface area contributed by atoms with Gasteiger partial charge in [-0.3, -0.25) is 13.9 Å². The van der Waals surface area contributed by atoms with Gasteiger partial charge in [0.2, 0.25) is 11.8 Å². The lowest BCUT2D eigenvalue weighted by Gasteiger charge is -2.33. The van der Waals surface area contributed by atoms with E-state index >= 15 is 0 Å². The number of methoxy groups -OCH3 is 3. The second kappa shape index (κ2) is 15.3. The summed E-state index contributed by atoms with van der Waals surface area (Å²) in [7, 11) is 0.219. The topological polar surface area (TPSA) is 114 Å². The number of para-hydroxylation sites is 2. The third-order valence-electron chi connectivity index (χ3n) is 6.86. The highest BCUT2D eigenvalue weighted by molar-refractivity contribution is 7.92. The molecule has 0 aliphatic heterocycles. The normalized spacial score (nSPS) is 11.9. The van der Waals surface area contributed by atoms with E-state index in [0.717, 1.165) is 9.87 Å². The van der Waals surface area contributed by atoms with Crippen LogP contribution in [0.1, 0.15) is 32.8 Å². The van der Waals surface area contributed by atoms with Crippen molar-refractivity contribution in [1.29, 1.82) is 0 Å². The monoisotopic (exact) mass is 611 g/mol. The van der Waals surface area contributed by atoms with E-state index in [4.69, 9.17) is 14.2 Å². The number of nitrogens with zero attached hydrogens (tertiary/aromatic N) is 2. The van der Waals surface area contributed by atoms with Gasteiger partial charge in [-0.1, -0.05) is 45.0 Å². The SMILES string of the molecule is CC[C@@H](C(=O)NCC(C)C)N(Cc1ccc(OC)cc1)C(=O)CN(c1ccccc1OC)S(=O)(=O)c1ccc(OC)cc1. The predicted molar refractivity (Wildman–Crippen MR) is 166 cm³/mol. The summed E-state index contributed by atoms with van der Waals surface area (Å²) in [6.07, 6.45) is 0.325. The Labute approximate surface area is 254 Å². The van der Waals surface area contributed by atoms with Crippen LogP contribution in [-0.2, 0) is 26.2 Å². The molecule has 11 heteroatoms. The second-order valence-corrected chi connectivity index (χ2v) is 12.2. The fourth-order valence-electron chi connectivity index (χ4n) is 4.49. The van der Waals surface area contributed by atoms with Crippen molar-refractivity contribution < 1.29 is 32.2 Å². The van der Waals surface area contributed by atoms with Crippen LogP contribution in [0.5, 0.6) is 17.2 Å². The Balaban J connectivity index is 2.08. The first-order valence-electron chi connectivity index (χ1n) is 14.1. The molecule has 10 nitrogen and oxygen atoms in total. The first-order valence-corrected chi connectivity index (χ1v) is 15.5. The predicted octanol–water partition coefficient (Wildman–Crippen LogP) is 4.49. The number of carbonyl (C=O) groups is 2. The molecule has 1 atom stereocenters. The van der Waals surface area contributed by atoms with E-state index in [-0.39, 0.29) is 34.7 Å². The van der Waals surface area contributed by atoms with Gasteiger partial charge in [0.05, 0.1) is 31.9 Å². The molecule has 232 valence electrons. The summed E-state index contributed by atoms with van der Waals surface area (Å²) in [6.45, 7) is 5.74. The molecule has 1 N–H and O–H groups in total. The number of sulfonamides is 1. The van der Waals surface area contributed by atoms with Crippen LogP contribution in [0.2, 0.25) is 0 Å². The van der Waals surface area contributed by atoms with E-state index in [2.05, 4.69) is 5.32 Å². The molecule has 0 bridgehead atoms. The Hall–Kier alpha value is -4.25. The van der Waals surface area contributed by atoms with E-state index in [1.54, 1.807) is 43.5 Å². The summed E-state index contributed by atoms with van der Waals surface area (Å²) in [6, 6.07) is 18.8. The quantitative estimate of drug-likeness (QED) is 0.269. The van der Waals surface area contributed by atoms with Gasteiger partial charge in [-0.15, -0.1) is 0 Å². The zero-order chi connectivity index (χ0) is 31.6. The maximum Gasteiger partial charge on any atom is 0.264 e. The summed E-state index contributed by atoms with van der Waals surface area (Å²) in [5.74, 6) is 0.767. The molecule has 43 heavy (non-hydrogen) atoms. The van der Waals surface area contributed by atoms with Crippen LogP contribution in [0, 0.1) is 5.92 Å². The van der Waals surface area contributed by atoms with Gasteiger partial charge in [0.1, 0.15) is 29.8 Å². The van der Waals surface area contributed by atoms with Gasteiger partial charge in [-0.2, -0.15) is 0 Å². The Morgan fingerprint density at radius 3 is 1.95 bits per heavy atom. The van der Waals surface area contributed by atoms with Gasteiger partial charge in [-0.25, -0.2) is 8.42 Å². The molecule has 0 radical (unpaired) electrons. The van der Waals surface area contributed by atoms with E-state index in [9.17, 15) is 18.0 Å². The molecule has 0 unspecified atom stereocenters. The summed E-state index contributed by atoms with van der Waals surface area (Å²) < 4.78 is 45.2. The van der Waals surface area contributed by atoms with Gasteiger partial charge in [0.15, 0.2) is 0 Å². The van der Waals surface area contributed by atoms with E-state index < -0.39 is 28.5 Å². The summed E-state index contributed by atoms with van der Waals surface area (Å²) in [4.78, 5) is 29.0. The lowest BCUT2D eigenvalue weighted by molar-refractivity contribution is -0.140. The van der Waals surface area contributed by atoms with Crippen molar-refractivity contribution >= 4 is 27.5 Å². The molecule has 0 spiro atoms. The molecule has 0 saturated heterocycles. The molecule has 0 aliphatic rings. The third-order valence-corrected chi connectivity index (χ3v) is 8.64. The number of anilines is 1. The van der Waals surface area contributed by atoms with Crippen molar-refractivity contribution in [3.8, 4) is 17.2 Å². The lowest BCUT2D eigenvalue weighted by atomic mass is 10.1. The summed E-state index contributed by atoms with van der Waals surface area (Å²) >= 11 is 0. The fourth-order valence-corrected chi connectivity index (χ4v) is 5.92. The number of rotatable bonds is 15. The van der Waals surface area contributed by atoms with Gasteiger partial charge in [-0.05, 0) is 66.4 Å². The molecule has 3 aromatic carbocycles. The number of benzene rings is 3. The van der Waals surface area contributed by atoms with Gasteiger partial charge >= 0.3 is 0 Å². The number of hydrogen-bond donors (Lipinski definition) is 1. The number of nitrogens with one attached hydrogen (secondary N) is 1. The maximum atomic E-state index is 14.2. The first-order chi connectivity index (χ1) is 20.5. The number of hydrogen-bond acceptors (Lipinski definition) is 7. The molecule has 0 fully saturated rings. The summed E-state index contributed by atoms with van der Waals surface area (Å²) in [5.41, 5.74) is 0.946. The van der Waals surface area contributed by atoms with Crippen LogP contribution in [0.25, 0.3) is 0 Å². The van der Waals surface area contributed by atoms with Crippen molar-refractivity contribution in [2.45, 2.75) is 44.7 Å². The van der Waals surface area contributed by atoms with Crippen LogP contribution in [0.15, 0.2) is 77.7 Å². The lowest BCUT2D eigenvalue weighted by Crippen LogP contribution is -2.52. The van der Waals surface area contributed by atoms with Crippen molar-refractivity contribution in [2.24, 2.45) is 5.92 Å². The molecular formula is C32H41N3O7S. The number of ether oxygens (including phenoxy) is 3. The highest BCUT2D eigenvalue weighted by Crippen LogP contribution is 2.33. The highest BCUT2D eigenvalue weighted by Gasteiger charge is 2.34. The van der Waals surface area contributed by atoms with Gasteiger partial charge < -0.3 is 24.4 Å². The van der Waals surface area contributed by atoms with Crippen molar-refractivity contribution in [3.63, 3.8) is 0 Å². The van der Waals surface area contributed by atoms with Gasteiger partial charge in [0.25, 0.3) is 10.0 Å². The molecule has 2 amide bonds. The molecule has 3 aromatic rings. The number of carbonyl (C=O) groups excluding carboxylic acids is 2. The second-order valence-electron chi connectivity index (χ2n) is 10.3. The maximum absolute atomic E-state index is 14.2. The van der Waals surface area contributed by atoms with Crippen molar-refractivity contribution in [3.05, 3.63) is 78.4 Å². The van der Waals surface area contributed by atoms with Crippen molar-refractivity contribution in [2.75, 3.05) is 38.7 Å². The molecule has 0 heterocycles. The molecule has 0 saturated carbocycles. The minimum absolute atomic E-state index is 0.0320. The Kier molecular flexibility index (Phi) is 11.8. The van der Waals surface area contributed by atoms with E-state index in [0.29, 0.717) is 24.5 Å². The third kappa shape index (κ3) is 8.41. The molecular weight excluding hydrogens is 570 g/mol. The van der Waals surface area contributed by atoms with E-state index in [1.165, 1.54) is 43.4 Å². The van der Waals surface area contributed by atoms with Crippen LogP contribution in [0.3, 0.4) is 0 Å². The van der Waals surface area contributed by atoms with Crippen molar-refractivity contribution in [1.82, 2.24) is 10.2 Å². The first kappa shape index (κ1) is 33.3. The standard InChI is InChI=1S/C32H41N3O7S/c1-7-28(32(37)33-20-23(2)3)34(21-24-12-14-25(40-4)15-13-24)31(36)22-35(29-10-8-9-11-30(29)42-6)43(38,39)27-18-16-26(41-5)17-19-27/h8-19,23,28H,7,20-22H2,1-6H3,(H,33,37)/t28-/m0/s1. The Bertz CT molecular complexity index is 1460.